The van der Waals surface area contributed by atoms with Gasteiger partial charge in [0, 0.05) is 11.8 Å². The van der Waals surface area contributed by atoms with Crippen LogP contribution in [0, 0.1) is 0 Å². The Labute approximate surface area is 136 Å². The molecular formula is C15H13ClN4O3. The number of nitrogens with two attached hydrogens (primary N) is 1. The third-order valence-electron chi connectivity index (χ3n) is 3.46. The lowest BCUT2D eigenvalue weighted by atomic mass is 10.1. The number of anilines is 1. The number of carboxylic acid groups (broad SMARTS) is 1. The number of methoxy groups -OCH3 is 1. The van der Waals surface area contributed by atoms with Crippen LogP contribution in [0.5, 0.6) is 5.75 Å². The minimum Gasteiger partial charge on any atom is -0.496 e. The number of hydrogen-bond donors (Lipinski definition) is 2. The number of carbonyl (C=O) groups is 1. The van der Waals surface area contributed by atoms with Gasteiger partial charge in [-0.15, -0.1) is 0 Å². The minimum absolute atomic E-state index is 0.114. The van der Waals surface area contributed by atoms with Crippen molar-refractivity contribution in [2.24, 2.45) is 0 Å². The summed E-state index contributed by atoms with van der Waals surface area (Å²) in [4.78, 5) is 19.1. The molecule has 23 heavy (non-hydrogen) atoms. The molecule has 2 aromatic heterocycles. The molecule has 0 atom stereocenters. The second-order valence-corrected chi connectivity index (χ2v) is 5.24. The molecule has 0 fully saturated rings. The molecule has 3 N–H and O–H groups in total. The van der Waals surface area contributed by atoms with Crippen molar-refractivity contribution in [3.05, 3.63) is 46.7 Å². The van der Waals surface area contributed by atoms with Crippen LogP contribution in [-0.4, -0.2) is 32.7 Å². The first-order chi connectivity index (χ1) is 11.0. The molecule has 8 heteroatoms. The zero-order valence-electron chi connectivity index (χ0n) is 12.2. The Morgan fingerprint density at radius 3 is 2.87 bits per heavy atom. The number of rotatable bonds is 4. The summed E-state index contributed by atoms with van der Waals surface area (Å²) in [6, 6.07) is 6.51. The summed E-state index contributed by atoms with van der Waals surface area (Å²) in [5, 5.41) is 9.31. The molecule has 0 saturated heterocycles. The predicted octanol–water partition coefficient (Wildman–Crippen LogP) is 2.42. The molecule has 118 valence electrons. The van der Waals surface area contributed by atoms with Crippen LogP contribution >= 0.6 is 11.6 Å². The fourth-order valence-corrected chi connectivity index (χ4v) is 2.69. The smallest absolute Gasteiger partial charge is 0.335 e. The van der Waals surface area contributed by atoms with Crippen molar-refractivity contribution in [2.75, 3.05) is 12.8 Å². The zero-order valence-corrected chi connectivity index (χ0v) is 12.9. The van der Waals surface area contributed by atoms with Crippen LogP contribution in [0.3, 0.4) is 0 Å². The Morgan fingerprint density at radius 2 is 2.17 bits per heavy atom. The molecule has 3 rings (SSSR count). The van der Waals surface area contributed by atoms with E-state index in [9.17, 15) is 4.79 Å². The third kappa shape index (κ3) is 2.78. The number of aromatic carboxylic acids is 1. The van der Waals surface area contributed by atoms with Crippen LogP contribution in [0.1, 0.15) is 15.9 Å². The van der Waals surface area contributed by atoms with Crippen molar-refractivity contribution in [3.8, 4) is 5.75 Å². The van der Waals surface area contributed by atoms with Gasteiger partial charge in [0.1, 0.15) is 11.3 Å². The van der Waals surface area contributed by atoms with E-state index in [0.717, 1.165) is 5.56 Å². The zero-order chi connectivity index (χ0) is 16.6. The van der Waals surface area contributed by atoms with Crippen LogP contribution in [0.4, 0.5) is 5.95 Å². The van der Waals surface area contributed by atoms with E-state index in [1.165, 1.54) is 19.2 Å². The number of carboxylic acids is 1. The van der Waals surface area contributed by atoms with Crippen LogP contribution in [-0.2, 0) is 6.54 Å². The standard InChI is InChI=1S/C15H13ClN4O3/c1-23-11-6-8(14(21)22)2-3-9(11)7-20-5-4-10-12(20)13(16)19-15(17)18-10/h2-6H,7H2,1H3,(H,21,22)(H2,17,18,19). The Hall–Kier alpha value is -2.80. The lowest BCUT2D eigenvalue weighted by molar-refractivity contribution is 0.0696. The number of ether oxygens (including phenoxy) is 1. The van der Waals surface area contributed by atoms with Gasteiger partial charge in [-0.05, 0) is 18.2 Å². The lowest BCUT2D eigenvalue weighted by Gasteiger charge is -2.11. The molecule has 0 saturated carbocycles. The quantitative estimate of drug-likeness (QED) is 0.711. The predicted molar refractivity (Wildman–Crippen MR) is 86.0 cm³/mol. The normalized spacial score (nSPS) is 10.9. The highest BCUT2D eigenvalue weighted by Crippen LogP contribution is 2.26. The molecule has 0 bridgehead atoms. The highest BCUT2D eigenvalue weighted by molar-refractivity contribution is 6.33. The van der Waals surface area contributed by atoms with Crippen molar-refractivity contribution in [1.29, 1.82) is 0 Å². The van der Waals surface area contributed by atoms with E-state index in [4.69, 9.17) is 27.2 Å². The van der Waals surface area contributed by atoms with Gasteiger partial charge in [-0.25, -0.2) is 9.78 Å². The van der Waals surface area contributed by atoms with E-state index in [1.807, 2.05) is 10.8 Å². The lowest BCUT2D eigenvalue weighted by Crippen LogP contribution is -2.04. The van der Waals surface area contributed by atoms with Gasteiger partial charge in [-0.3, -0.25) is 0 Å². The molecule has 0 aliphatic rings. The van der Waals surface area contributed by atoms with Gasteiger partial charge in [0.05, 0.1) is 24.7 Å². The third-order valence-corrected chi connectivity index (χ3v) is 3.72. The van der Waals surface area contributed by atoms with E-state index in [-0.39, 0.29) is 16.7 Å². The Kier molecular flexibility index (Phi) is 3.79. The molecule has 0 unspecified atom stereocenters. The number of halogens is 1. The molecule has 7 nitrogen and oxygen atoms in total. The SMILES string of the molecule is COc1cc(C(=O)O)ccc1Cn1ccc2nc(N)nc(Cl)c21. The van der Waals surface area contributed by atoms with E-state index in [0.29, 0.717) is 23.3 Å². The van der Waals surface area contributed by atoms with Crippen LogP contribution in [0.15, 0.2) is 30.5 Å². The fourth-order valence-electron chi connectivity index (χ4n) is 2.40. The second kappa shape index (κ2) is 5.77. The molecule has 0 aliphatic carbocycles. The molecular weight excluding hydrogens is 320 g/mol. The van der Waals surface area contributed by atoms with Crippen molar-refractivity contribution < 1.29 is 14.6 Å². The average Bonchev–Trinajstić information content (AvgIpc) is 2.90. The van der Waals surface area contributed by atoms with Crippen LogP contribution in [0.25, 0.3) is 11.0 Å². The Balaban J connectivity index is 2.04. The maximum atomic E-state index is 11.0. The van der Waals surface area contributed by atoms with Gasteiger partial charge in [-0.1, -0.05) is 17.7 Å². The minimum atomic E-state index is -1.01. The monoisotopic (exact) mass is 332 g/mol. The van der Waals surface area contributed by atoms with Crippen LogP contribution < -0.4 is 10.5 Å². The average molecular weight is 333 g/mol. The van der Waals surface area contributed by atoms with E-state index >= 15 is 0 Å². The summed E-state index contributed by atoms with van der Waals surface area (Å²) in [6.07, 6.45) is 1.81. The summed E-state index contributed by atoms with van der Waals surface area (Å²) in [7, 11) is 1.50. The van der Waals surface area contributed by atoms with E-state index in [2.05, 4.69) is 9.97 Å². The molecule has 0 amide bonds. The first-order valence-corrected chi connectivity index (χ1v) is 7.05. The molecule has 0 radical (unpaired) electrons. The molecule has 3 aromatic rings. The summed E-state index contributed by atoms with van der Waals surface area (Å²) < 4.78 is 7.14. The first-order valence-electron chi connectivity index (χ1n) is 6.67. The fraction of sp³-hybridized carbons (Fsp3) is 0.133. The largest absolute Gasteiger partial charge is 0.496 e. The number of aromatic nitrogens is 3. The van der Waals surface area contributed by atoms with Crippen LogP contribution in [0.2, 0.25) is 5.15 Å². The van der Waals surface area contributed by atoms with Gasteiger partial charge in [0.2, 0.25) is 5.95 Å². The van der Waals surface area contributed by atoms with Crippen molar-refractivity contribution in [2.45, 2.75) is 6.54 Å². The molecule has 0 aliphatic heterocycles. The van der Waals surface area contributed by atoms with Gasteiger partial charge < -0.3 is 20.1 Å². The van der Waals surface area contributed by atoms with Gasteiger partial charge >= 0.3 is 5.97 Å². The van der Waals surface area contributed by atoms with Crippen molar-refractivity contribution >= 4 is 34.6 Å². The number of benzene rings is 1. The second-order valence-electron chi connectivity index (χ2n) is 4.88. The topological polar surface area (TPSA) is 103 Å². The first kappa shape index (κ1) is 15.1. The Bertz CT molecular complexity index is 907. The number of nitrogen functional groups attached to an aromatic ring is 1. The highest BCUT2D eigenvalue weighted by Gasteiger charge is 2.13. The number of fused-ring (bicyclic) bond motifs is 1. The maximum absolute atomic E-state index is 11.0. The van der Waals surface area contributed by atoms with Gasteiger partial charge in [0.25, 0.3) is 0 Å². The van der Waals surface area contributed by atoms with Gasteiger partial charge in [0.15, 0.2) is 5.15 Å². The summed E-state index contributed by atoms with van der Waals surface area (Å²) in [5.41, 5.74) is 7.86. The summed E-state index contributed by atoms with van der Waals surface area (Å²) >= 11 is 6.15. The molecule has 0 spiro atoms. The van der Waals surface area contributed by atoms with Crippen molar-refractivity contribution in [3.63, 3.8) is 0 Å². The van der Waals surface area contributed by atoms with Gasteiger partial charge in [-0.2, -0.15) is 4.98 Å². The number of nitrogens with zero attached hydrogens (tertiary/aromatic N) is 3. The molecule has 2 heterocycles. The van der Waals surface area contributed by atoms with E-state index < -0.39 is 5.97 Å². The summed E-state index contributed by atoms with van der Waals surface area (Å²) in [5.74, 6) is -0.406. The summed E-state index contributed by atoms with van der Waals surface area (Å²) in [6.45, 7) is 0.430. The van der Waals surface area contributed by atoms with Crippen molar-refractivity contribution in [1.82, 2.24) is 14.5 Å². The van der Waals surface area contributed by atoms with E-state index in [1.54, 1.807) is 12.1 Å². The highest BCUT2D eigenvalue weighted by atomic mass is 35.5. The number of hydrogen-bond acceptors (Lipinski definition) is 5. The Morgan fingerprint density at radius 1 is 1.39 bits per heavy atom. The maximum Gasteiger partial charge on any atom is 0.335 e. The molecule has 1 aromatic carbocycles.